The normalized spacial score (nSPS) is 19.2. The largest absolute Gasteiger partial charge is 0.470 e. The minimum Gasteiger partial charge on any atom is -0.470 e. The Morgan fingerprint density at radius 1 is 1.26 bits per heavy atom. The molecule has 4 rings (SSSR count). The highest BCUT2D eigenvalue weighted by Crippen LogP contribution is 2.27. The molecule has 0 unspecified atom stereocenters. The molecule has 1 fully saturated rings. The molecule has 3 aromatic rings. The van der Waals surface area contributed by atoms with Gasteiger partial charge in [0.2, 0.25) is 5.65 Å². The number of aromatic nitrogens is 3. The van der Waals surface area contributed by atoms with Gasteiger partial charge in [-0.05, 0) is 31.4 Å². The highest BCUT2D eigenvalue weighted by Gasteiger charge is 2.32. The Morgan fingerprint density at radius 3 is 2.84 bits per heavy atom. The molecule has 0 aliphatic carbocycles. The average Bonchev–Trinajstić information content (AvgIpc) is 3.21. The van der Waals surface area contributed by atoms with Gasteiger partial charge in [0.25, 0.3) is 18.2 Å². The molecular formula is C22H24F2N4O3. The van der Waals surface area contributed by atoms with Gasteiger partial charge < -0.3 is 14.4 Å². The Hall–Kier alpha value is -3.07. The number of ether oxygens (including phenoxy) is 2. The summed E-state index contributed by atoms with van der Waals surface area (Å²) in [6, 6.07) is 7.43. The first-order valence-corrected chi connectivity index (χ1v) is 10.1. The van der Waals surface area contributed by atoms with Crippen molar-refractivity contribution in [2.45, 2.75) is 44.9 Å². The summed E-state index contributed by atoms with van der Waals surface area (Å²) in [7, 11) is 1.59. The third kappa shape index (κ3) is 4.23. The monoisotopic (exact) mass is 430 g/mol. The second-order valence-electron chi connectivity index (χ2n) is 7.62. The number of methoxy groups -OCH3 is 1. The smallest absolute Gasteiger partial charge is 0.280 e. The number of nitrogens with zero attached hydrogens (tertiary/aromatic N) is 4. The quantitative estimate of drug-likeness (QED) is 0.594. The maximum atomic E-state index is 13.3. The molecule has 0 spiro atoms. The third-order valence-electron chi connectivity index (χ3n) is 5.57. The van der Waals surface area contributed by atoms with Crippen molar-refractivity contribution in [1.82, 2.24) is 19.3 Å². The van der Waals surface area contributed by atoms with Crippen molar-refractivity contribution in [3.05, 3.63) is 59.7 Å². The van der Waals surface area contributed by atoms with Crippen LogP contribution in [0.4, 0.5) is 8.78 Å². The lowest BCUT2D eigenvalue weighted by Crippen LogP contribution is -2.49. The summed E-state index contributed by atoms with van der Waals surface area (Å²) in [4.78, 5) is 23.3. The van der Waals surface area contributed by atoms with Gasteiger partial charge in [-0.3, -0.25) is 9.20 Å². The molecule has 1 aliphatic rings. The van der Waals surface area contributed by atoms with Crippen LogP contribution in [0.5, 0.6) is 5.88 Å². The zero-order valence-electron chi connectivity index (χ0n) is 17.4. The SMILES string of the molecule is COCc1ccccc1C(=O)N1C[C@H](Oc2nccn3c(C(F)F)cnc23)CC[C@H]1C. The van der Waals surface area contributed by atoms with Crippen molar-refractivity contribution in [2.75, 3.05) is 13.7 Å². The summed E-state index contributed by atoms with van der Waals surface area (Å²) in [5.41, 5.74) is 1.45. The van der Waals surface area contributed by atoms with Crippen LogP contribution in [0.15, 0.2) is 42.9 Å². The van der Waals surface area contributed by atoms with Gasteiger partial charge in [0.15, 0.2) is 0 Å². The molecule has 1 amide bonds. The van der Waals surface area contributed by atoms with Gasteiger partial charge in [0, 0.05) is 31.1 Å². The molecule has 1 aromatic carbocycles. The van der Waals surface area contributed by atoms with Gasteiger partial charge in [0.1, 0.15) is 11.8 Å². The van der Waals surface area contributed by atoms with Crippen molar-refractivity contribution in [3.8, 4) is 5.88 Å². The number of imidazole rings is 1. The molecule has 164 valence electrons. The standard InChI is InChI=1S/C22H24F2N4O3/c1-14-7-8-16(12-28(14)22(29)17-6-4-3-5-15(17)13-30-2)31-21-20-26-11-18(19(23)24)27(20)10-9-25-21/h3-6,9-11,14,16,19H,7-8,12-13H2,1-2H3/t14-,16-/m1/s1. The fourth-order valence-electron chi connectivity index (χ4n) is 3.93. The first-order chi connectivity index (χ1) is 15.0. The van der Waals surface area contributed by atoms with Crippen LogP contribution >= 0.6 is 0 Å². The van der Waals surface area contributed by atoms with E-state index in [1.165, 1.54) is 16.8 Å². The molecule has 9 heteroatoms. The van der Waals surface area contributed by atoms with Gasteiger partial charge in [-0.15, -0.1) is 0 Å². The molecule has 7 nitrogen and oxygen atoms in total. The number of alkyl halides is 2. The number of benzene rings is 1. The molecule has 2 aromatic heterocycles. The van der Waals surface area contributed by atoms with Crippen LogP contribution in [0, 0.1) is 0 Å². The second-order valence-corrected chi connectivity index (χ2v) is 7.62. The van der Waals surface area contributed by atoms with E-state index in [1.54, 1.807) is 18.1 Å². The number of rotatable bonds is 6. The van der Waals surface area contributed by atoms with E-state index in [0.717, 1.165) is 24.6 Å². The lowest BCUT2D eigenvalue weighted by atomic mass is 9.98. The van der Waals surface area contributed by atoms with Crippen LogP contribution in [0.3, 0.4) is 0 Å². The first-order valence-electron chi connectivity index (χ1n) is 10.1. The van der Waals surface area contributed by atoms with Gasteiger partial charge >= 0.3 is 0 Å². The van der Waals surface area contributed by atoms with E-state index in [9.17, 15) is 13.6 Å². The van der Waals surface area contributed by atoms with E-state index in [-0.39, 0.29) is 35.3 Å². The highest BCUT2D eigenvalue weighted by molar-refractivity contribution is 5.96. The van der Waals surface area contributed by atoms with Crippen LogP contribution < -0.4 is 4.74 Å². The Kier molecular flexibility index (Phi) is 6.13. The zero-order valence-corrected chi connectivity index (χ0v) is 17.4. The van der Waals surface area contributed by atoms with Crippen LogP contribution in [0.1, 0.15) is 47.8 Å². The van der Waals surface area contributed by atoms with Crippen molar-refractivity contribution < 1.29 is 23.0 Å². The van der Waals surface area contributed by atoms with E-state index >= 15 is 0 Å². The summed E-state index contributed by atoms with van der Waals surface area (Å²) in [5, 5.41) is 0. The number of fused-ring (bicyclic) bond motifs is 1. The van der Waals surface area contributed by atoms with Crippen LogP contribution in [0.25, 0.3) is 5.65 Å². The molecule has 0 N–H and O–H groups in total. The fourth-order valence-corrected chi connectivity index (χ4v) is 3.93. The van der Waals surface area contributed by atoms with E-state index < -0.39 is 6.43 Å². The van der Waals surface area contributed by atoms with Gasteiger partial charge in [-0.2, -0.15) is 0 Å². The number of halogens is 2. The first kappa shape index (κ1) is 21.2. The summed E-state index contributed by atoms with van der Waals surface area (Å²) >= 11 is 0. The van der Waals surface area contributed by atoms with Gasteiger partial charge in [-0.25, -0.2) is 18.7 Å². The summed E-state index contributed by atoms with van der Waals surface area (Å²) in [5.74, 6) is 0.0987. The van der Waals surface area contributed by atoms with E-state index in [0.29, 0.717) is 18.7 Å². The number of amides is 1. The predicted octanol–water partition coefficient (Wildman–Crippen LogP) is 3.89. The van der Waals surface area contributed by atoms with Gasteiger partial charge in [0.05, 0.1) is 19.3 Å². The maximum absolute atomic E-state index is 13.3. The molecule has 31 heavy (non-hydrogen) atoms. The Balaban J connectivity index is 1.55. The Bertz CT molecular complexity index is 1070. The molecular weight excluding hydrogens is 406 g/mol. The lowest BCUT2D eigenvalue weighted by Gasteiger charge is -2.38. The number of hydrogen-bond acceptors (Lipinski definition) is 5. The molecule has 3 heterocycles. The van der Waals surface area contributed by atoms with Gasteiger partial charge in [-0.1, -0.05) is 18.2 Å². The number of hydrogen-bond donors (Lipinski definition) is 0. The summed E-state index contributed by atoms with van der Waals surface area (Å²) in [6.45, 7) is 2.73. The molecule has 1 aliphatic heterocycles. The fraction of sp³-hybridized carbons (Fsp3) is 0.409. The number of likely N-dealkylation sites (tertiary alicyclic amines) is 1. The van der Waals surface area contributed by atoms with Crippen molar-refractivity contribution in [2.24, 2.45) is 0 Å². The van der Waals surface area contributed by atoms with Crippen molar-refractivity contribution in [3.63, 3.8) is 0 Å². The molecule has 0 saturated carbocycles. The average molecular weight is 430 g/mol. The molecule has 2 atom stereocenters. The predicted molar refractivity (Wildman–Crippen MR) is 109 cm³/mol. The minimum absolute atomic E-state index is 0.0450. The number of piperidine rings is 1. The molecule has 0 bridgehead atoms. The second kappa shape index (κ2) is 8.97. The molecule has 0 radical (unpaired) electrons. The van der Waals surface area contributed by atoms with E-state index in [1.807, 2.05) is 25.1 Å². The summed E-state index contributed by atoms with van der Waals surface area (Å²) < 4.78 is 38.9. The summed E-state index contributed by atoms with van der Waals surface area (Å²) in [6.07, 6.45) is 2.47. The van der Waals surface area contributed by atoms with Crippen LogP contribution in [-0.2, 0) is 11.3 Å². The number of carbonyl (C=O) groups is 1. The van der Waals surface area contributed by atoms with Crippen molar-refractivity contribution in [1.29, 1.82) is 0 Å². The van der Waals surface area contributed by atoms with Crippen LogP contribution in [-0.4, -0.2) is 51.0 Å². The Labute approximate surface area is 178 Å². The van der Waals surface area contributed by atoms with Crippen molar-refractivity contribution >= 4 is 11.6 Å². The minimum atomic E-state index is -2.65. The highest BCUT2D eigenvalue weighted by atomic mass is 19.3. The Morgan fingerprint density at radius 2 is 2.06 bits per heavy atom. The molecule has 1 saturated heterocycles. The zero-order chi connectivity index (χ0) is 22.0. The maximum Gasteiger partial charge on any atom is 0.280 e. The van der Waals surface area contributed by atoms with E-state index in [2.05, 4.69) is 9.97 Å². The van der Waals surface area contributed by atoms with Crippen LogP contribution in [0.2, 0.25) is 0 Å². The lowest BCUT2D eigenvalue weighted by molar-refractivity contribution is 0.0372. The van der Waals surface area contributed by atoms with E-state index in [4.69, 9.17) is 9.47 Å². The topological polar surface area (TPSA) is 69.0 Å². The third-order valence-corrected chi connectivity index (χ3v) is 5.57. The number of carbonyl (C=O) groups excluding carboxylic acids is 1.